The third kappa shape index (κ3) is 2.63. The van der Waals surface area contributed by atoms with Crippen molar-refractivity contribution in [3.8, 4) is 5.75 Å². The lowest BCUT2D eigenvalue weighted by atomic mass is 10.1. The van der Waals surface area contributed by atoms with Crippen LogP contribution in [0.25, 0.3) is 0 Å². The predicted molar refractivity (Wildman–Crippen MR) is 80.2 cm³/mol. The minimum atomic E-state index is -0.494. The second kappa shape index (κ2) is 5.54. The van der Waals surface area contributed by atoms with Crippen LogP contribution in [0.4, 0.5) is 5.69 Å². The second-order valence-corrected chi connectivity index (χ2v) is 5.55. The average Bonchev–Trinajstić information content (AvgIpc) is 3.01. The van der Waals surface area contributed by atoms with Crippen LogP contribution >= 0.6 is 11.3 Å². The number of para-hydroxylation sites is 2. The molecule has 5 heteroatoms. The quantitative estimate of drug-likeness (QED) is 0.913. The molecule has 1 amide bonds. The number of carbonyl (C=O) groups excluding carboxylic acids is 1. The van der Waals surface area contributed by atoms with Crippen LogP contribution in [0.1, 0.15) is 18.5 Å². The van der Waals surface area contributed by atoms with Gasteiger partial charge in [0.25, 0.3) is 5.91 Å². The summed E-state index contributed by atoms with van der Waals surface area (Å²) in [5.41, 5.74) is 2.05. The largest absolute Gasteiger partial charge is 0.477 e. The number of amides is 1. The number of rotatable bonds is 3. The molecule has 104 valence electrons. The molecular formula is C15H16N2O2S. The summed E-state index contributed by atoms with van der Waals surface area (Å²) in [6.07, 6.45) is -0.494. The molecule has 2 unspecified atom stereocenters. The molecule has 3 rings (SSSR count). The summed E-state index contributed by atoms with van der Waals surface area (Å²) in [4.78, 5) is 12.2. The number of carbonyl (C=O) groups is 1. The fourth-order valence-electron chi connectivity index (χ4n) is 2.17. The third-order valence-corrected chi connectivity index (χ3v) is 4.03. The molecule has 2 atom stereocenters. The molecule has 2 heterocycles. The first kappa shape index (κ1) is 13.0. The van der Waals surface area contributed by atoms with E-state index in [9.17, 15) is 4.79 Å². The van der Waals surface area contributed by atoms with Crippen LogP contribution in [0.3, 0.4) is 0 Å². The summed E-state index contributed by atoms with van der Waals surface area (Å²) in [7, 11) is 0. The topological polar surface area (TPSA) is 50.4 Å². The molecule has 20 heavy (non-hydrogen) atoms. The second-order valence-electron chi connectivity index (χ2n) is 4.77. The Morgan fingerprint density at radius 2 is 2.30 bits per heavy atom. The molecule has 0 bridgehead atoms. The molecule has 0 aliphatic carbocycles. The molecule has 0 saturated carbocycles. The van der Waals surface area contributed by atoms with Crippen LogP contribution in [-0.2, 0) is 4.79 Å². The summed E-state index contributed by atoms with van der Waals surface area (Å²) in [5.74, 6) is 0.632. The Balaban J connectivity index is 1.64. The van der Waals surface area contributed by atoms with E-state index in [4.69, 9.17) is 4.74 Å². The van der Waals surface area contributed by atoms with Gasteiger partial charge in [-0.3, -0.25) is 4.79 Å². The van der Waals surface area contributed by atoms with Gasteiger partial charge in [0.2, 0.25) is 0 Å². The normalized spacial score (nSPS) is 18.4. The number of fused-ring (bicyclic) bond motifs is 1. The summed E-state index contributed by atoms with van der Waals surface area (Å²) < 4.78 is 5.74. The molecule has 1 aliphatic heterocycles. The summed E-state index contributed by atoms with van der Waals surface area (Å²) in [5, 5.41) is 10.3. The Morgan fingerprint density at radius 3 is 3.10 bits per heavy atom. The molecule has 1 aliphatic rings. The maximum absolute atomic E-state index is 12.2. The van der Waals surface area contributed by atoms with Crippen molar-refractivity contribution in [2.24, 2.45) is 0 Å². The van der Waals surface area contributed by atoms with E-state index in [1.165, 1.54) is 0 Å². The molecular weight excluding hydrogens is 272 g/mol. The highest BCUT2D eigenvalue weighted by Gasteiger charge is 2.26. The first-order valence-corrected chi connectivity index (χ1v) is 7.50. The minimum Gasteiger partial charge on any atom is -0.477 e. The zero-order valence-corrected chi connectivity index (χ0v) is 11.9. The summed E-state index contributed by atoms with van der Waals surface area (Å²) in [6, 6.07) is 9.66. The molecule has 0 saturated heterocycles. The van der Waals surface area contributed by atoms with Gasteiger partial charge in [-0.1, -0.05) is 12.1 Å². The highest BCUT2D eigenvalue weighted by molar-refractivity contribution is 7.07. The van der Waals surface area contributed by atoms with Gasteiger partial charge in [0.15, 0.2) is 6.10 Å². The van der Waals surface area contributed by atoms with Gasteiger partial charge in [-0.05, 0) is 41.4 Å². The van der Waals surface area contributed by atoms with Crippen molar-refractivity contribution in [2.75, 3.05) is 11.9 Å². The number of hydrogen-bond acceptors (Lipinski definition) is 4. The summed E-state index contributed by atoms with van der Waals surface area (Å²) in [6.45, 7) is 2.46. The van der Waals surface area contributed by atoms with E-state index in [0.717, 1.165) is 17.0 Å². The monoisotopic (exact) mass is 288 g/mol. The minimum absolute atomic E-state index is 0.00507. The van der Waals surface area contributed by atoms with Gasteiger partial charge in [-0.25, -0.2) is 0 Å². The van der Waals surface area contributed by atoms with Crippen molar-refractivity contribution in [3.63, 3.8) is 0 Å². The van der Waals surface area contributed by atoms with E-state index in [1.54, 1.807) is 11.3 Å². The van der Waals surface area contributed by atoms with Crippen molar-refractivity contribution >= 4 is 22.9 Å². The Labute approximate surface area is 121 Å². The Morgan fingerprint density at radius 1 is 1.45 bits per heavy atom. The lowest BCUT2D eigenvalue weighted by Gasteiger charge is -2.27. The van der Waals surface area contributed by atoms with Crippen molar-refractivity contribution in [1.82, 2.24) is 5.32 Å². The molecule has 2 N–H and O–H groups in total. The van der Waals surface area contributed by atoms with Crippen molar-refractivity contribution in [2.45, 2.75) is 19.1 Å². The standard InChI is InChI=1S/C15H16N2O2S/c1-10(11-6-7-20-9-11)17-15(18)14-8-16-12-4-2-3-5-13(12)19-14/h2-7,9-10,14,16H,8H2,1H3,(H,17,18). The van der Waals surface area contributed by atoms with Crippen LogP contribution in [0.2, 0.25) is 0 Å². The van der Waals surface area contributed by atoms with E-state index in [2.05, 4.69) is 10.6 Å². The number of hydrogen-bond donors (Lipinski definition) is 2. The average molecular weight is 288 g/mol. The van der Waals surface area contributed by atoms with Crippen molar-refractivity contribution < 1.29 is 9.53 Å². The molecule has 1 aromatic carbocycles. The fourth-order valence-corrected chi connectivity index (χ4v) is 2.92. The van der Waals surface area contributed by atoms with E-state index in [1.807, 2.05) is 48.0 Å². The van der Waals surface area contributed by atoms with E-state index in [0.29, 0.717) is 6.54 Å². The smallest absolute Gasteiger partial charge is 0.263 e. The highest BCUT2D eigenvalue weighted by atomic mass is 32.1. The lowest BCUT2D eigenvalue weighted by molar-refractivity contribution is -0.128. The van der Waals surface area contributed by atoms with Crippen molar-refractivity contribution in [3.05, 3.63) is 46.7 Å². The van der Waals surface area contributed by atoms with Crippen LogP contribution < -0.4 is 15.4 Å². The van der Waals surface area contributed by atoms with Gasteiger partial charge in [0, 0.05) is 0 Å². The van der Waals surface area contributed by atoms with E-state index >= 15 is 0 Å². The molecule has 0 radical (unpaired) electrons. The first-order chi connectivity index (χ1) is 9.74. The highest BCUT2D eigenvalue weighted by Crippen LogP contribution is 2.28. The zero-order valence-electron chi connectivity index (χ0n) is 11.1. The molecule has 2 aromatic rings. The predicted octanol–water partition coefficient (Wildman–Crippen LogP) is 2.80. The number of ether oxygens (including phenoxy) is 1. The molecule has 0 fully saturated rings. The number of benzene rings is 1. The van der Waals surface area contributed by atoms with Crippen molar-refractivity contribution in [1.29, 1.82) is 0 Å². The Bertz CT molecular complexity index is 598. The molecule has 1 aromatic heterocycles. The van der Waals surface area contributed by atoms with Gasteiger partial charge in [0.1, 0.15) is 5.75 Å². The number of anilines is 1. The fraction of sp³-hybridized carbons (Fsp3) is 0.267. The first-order valence-electron chi connectivity index (χ1n) is 6.56. The van der Waals surface area contributed by atoms with Crippen LogP contribution in [0.15, 0.2) is 41.1 Å². The SMILES string of the molecule is CC(NC(=O)C1CNc2ccccc2O1)c1ccsc1. The number of thiophene rings is 1. The van der Waals surface area contributed by atoms with Crippen LogP contribution in [-0.4, -0.2) is 18.6 Å². The lowest BCUT2D eigenvalue weighted by Crippen LogP contribution is -2.45. The van der Waals surface area contributed by atoms with Gasteiger partial charge >= 0.3 is 0 Å². The van der Waals surface area contributed by atoms with Gasteiger partial charge in [-0.2, -0.15) is 11.3 Å². The Hall–Kier alpha value is -2.01. The van der Waals surface area contributed by atoms with Crippen LogP contribution in [0, 0.1) is 0 Å². The maximum Gasteiger partial charge on any atom is 0.263 e. The van der Waals surface area contributed by atoms with Gasteiger partial charge < -0.3 is 15.4 Å². The van der Waals surface area contributed by atoms with Crippen LogP contribution in [0.5, 0.6) is 5.75 Å². The zero-order chi connectivity index (χ0) is 13.9. The number of nitrogens with one attached hydrogen (secondary N) is 2. The van der Waals surface area contributed by atoms with E-state index < -0.39 is 6.10 Å². The van der Waals surface area contributed by atoms with Gasteiger partial charge in [-0.15, -0.1) is 0 Å². The molecule has 0 spiro atoms. The van der Waals surface area contributed by atoms with Gasteiger partial charge in [0.05, 0.1) is 18.3 Å². The maximum atomic E-state index is 12.2. The molecule has 4 nitrogen and oxygen atoms in total. The van der Waals surface area contributed by atoms with E-state index in [-0.39, 0.29) is 11.9 Å². The third-order valence-electron chi connectivity index (χ3n) is 3.33. The summed E-state index contributed by atoms with van der Waals surface area (Å²) >= 11 is 1.63. The Kier molecular flexibility index (Phi) is 3.60.